The molecule has 0 radical (unpaired) electrons. The highest BCUT2D eigenvalue weighted by molar-refractivity contribution is 7.94. The van der Waals surface area contributed by atoms with Gasteiger partial charge < -0.3 is 4.52 Å². The molecule has 0 aliphatic heterocycles. The van der Waals surface area contributed by atoms with E-state index in [1.54, 1.807) is 0 Å². The lowest BCUT2D eigenvalue weighted by atomic mass is 11.3. The van der Waals surface area contributed by atoms with Gasteiger partial charge in [-0.3, -0.25) is 5.73 Å². The largest absolute Gasteiger partial charge is 0.520 e. The maximum atomic E-state index is 9.64. The molecule has 1 amide bonds. The van der Waals surface area contributed by atoms with Gasteiger partial charge in [0, 0.05) is 0 Å². The lowest BCUT2D eigenvalue weighted by Crippen LogP contribution is -2.55. The maximum absolute atomic E-state index is 9.64. The van der Waals surface area contributed by atoms with E-state index in [9.17, 15) is 4.79 Å². The van der Waals surface area contributed by atoms with Crippen LogP contribution in [0.25, 0.3) is 0 Å². The topological polar surface area (TPSA) is 53.9 Å². The molecular formula is CH3NO2PS+. The van der Waals surface area contributed by atoms with Gasteiger partial charge in [0.15, 0.2) is 0 Å². The predicted octanol–water partition coefficient (Wildman–Crippen LogP) is -0.312. The highest BCUT2D eigenvalue weighted by Crippen LogP contribution is 1.89. The van der Waals surface area contributed by atoms with Crippen molar-refractivity contribution in [1.29, 1.82) is 0 Å². The fourth-order valence-electron chi connectivity index (χ4n) is 0.0416. The van der Waals surface area contributed by atoms with E-state index in [4.69, 9.17) is 0 Å². The molecule has 3 N–H and O–H groups in total. The van der Waals surface area contributed by atoms with Gasteiger partial charge in [-0.05, 0) is 11.8 Å². The summed E-state index contributed by atoms with van der Waals surface area (Å²) in [6, 6.07) is 0. The van der Waals surface area contributed by atoms with Crippen molar-refractivity contribution in [2.75, 3.05) is 0 Å². The zero-order valence-corrected chi connectivity index (χ0v) is 4.59. The fraction of sp³-hybridized carbons (Fsp3) is 0. The van der Waals surface area contributed by atoms with Crippen LogP contribution >= 0.6 is 7.58 Å². The lowest BCUT2D eigenvalue weighted by molar-refractivity contribution is -0.270. The predicted molar refractivity (Wildman–Crippen MR) is 23.7 cm³/mol. The van der Waals surface area contributed by atoms with Gasteiger partial charge in [-0.25, -0.2) is 0 Å². The van der Waals surface area contributed by atoms with E-state index in [-0.39, 0.29) is 7.58 Å². The number of hydrogen-bond donors (Lipinski definition) is 1. The zero-order valence-electron chi connectivity index (χ0n) is 2.88. The molecule has 0 bridgehead atoms. The molecule has 6 heavy (non-hydrogen) atoms. The van der Waals surface area contributed by atoms with Crippen molar-refractivity contribution in [1.82, 2.24) is 0 Å². The monoisotopic (exact) mass is 124 g/mol. The van der Waals surface area contributed by atoms with E-state index < -0.39 is 6.09 Å². The molecule has 0 aromatic heterocycles. The number of hydrogen-bond acceptors (Lipinski definition) is 3. The van der Waals surface area contributed by atoms with Crippen molar-refractivity contribution in [2.24, 2.45) is 0 Å². The zero-order chi connectivity index (χ0) is 4.99. The van der Waals surface area contributed by atoms with Crippen LogP contribution in [-0.4, -0.2) is 6.09 Å². The van der Waals surface area contributed by atoms with Crippen molar-refractivity contribution in [3.05, 3.63) is 0 Å². The second-order valence-corrected chi connectivity index (χ2v) is 1.32. The maximum Gasteiger partial charge on any atom is 0.520 e. The van der Waals surface area contributed by atoms with Crippen molar-refractivity contribution in [3.63, 3.8) is 0 Å². The normalized spacial score (nSPS) is 8.17. The van der Waals surface area contributed by atoms with Gasteiger partial charge in [-0.15, -0.1) is 0 Å². The van der Waals surface area contributed by atoms with E-state index in [1.807, 2.05) is 0 Å². The minimum absolute atomic E-state index is 0.195. The van der Waals surface area contributed by atoms with Gasteiger partial charge in [0.1, 0.15) is 0 Å². The average Bonchev–Trinajstić information content (AvgIpc) is 1.35. The molecule has 0 saturated carbocycles. The quantitative estimate of drug-likeness (QED) is 0.488. The van der Waals surface area contributed by atoms with Gasteiger partial charge >= 0.3 is 6.09 Å². The molecule has 0 aromatic carbocycles. The van der Waals surface area contributed by atoms with Crippen LogP contribution in [0.4, 0.5) is 4.79 Å². The van der Waals surface area contributed by atoms with Crippen molar-refractivity contribution in [2.45, 2.75) is 0 Å². The Balaban J connectivity index is 3.05. The van der Waals surface area contributed by atoms with Gasteiger partial charge in [-0.1, -0.05) is 0 Å². The third kappa shape index (κ3) is 3.95. The first kappa shape index (κ1) is 5.95. The number of rotatable bonds is 1. The number of carbonyl (C=O) groups excluding carboxylic acids is 1. The van der Waals surface area contributed by atoms with E-state index in [1.165, 1.54) is 0 Å². The first-order chi connectivity index (χ1) is 2.77. The standard InChI is InChI=1S/CH2NO2PS/c2-1(3)4-5-6/h(H2,2,3)/p+1. The van der Waals surface area contributed by atoms with E-state index in [2.05, 4.69) is 22.1 Å². The molecule has 0 aliphatic rings. The molecule has 0 aromatic rings. The molecular weight excluding hydrogens is 121 g/mol. The van der Waals surface area contributed by atoms with E-state index in [0.717, 1.165) is 0 Å². The molecule has 0 fully saturated rings. The van der Waals surface area contributed by atoms with Crippen LogP contribution in [-0.2, 0) is 16.3 Å². The van der Waals surface area contributed by atoms with Crippen LogP contribution in [0.3, 0.4) is 0 Å². The second kappa shape index (κ2) is 3.15. The highest BCUT2D eigenvalue weighted by Gasteiger charge is 1.89. The summed E-state index contributed by atoms with van der Waals surface area (Å²) in [5, 5.41) is 0. The summed E-state index contributed by atoms with van der Waals surface area (Å²) >= 11 is 4.22. The van der Waals surface area contributed by atoms with Crippen LogP contribution in [0, 0.1) is 0 Å². The second-order valence-electron chi connectivity index (χ2n) is 0.538. The Morgan fingerprint density at radius 3 is 2.50 bits per heavy atom. The van der Waals surface area contributed by atoms with Crippen LogP contribution in [0.15, 0.2) is 0 Å². The van der Waals surface area contributed by atoms with Crippen LogP contribution in [0.1, 0.15) is 0 Å². The van der Waals surface area contributed by atoms with Crippen LogP contribution in [0.5, 0.6) is 0 Å². The Kier molecular flexibility index (Phi) is 3.13. The van der Waals surface area contributed by atoms with E-state index in [0.29, 0.717) is 0 Å². The molecule has 34 valence electrons. The average molecular weight is 124 g/mol. The Hall–Kier alpha value is -0.0500. The summed E-state index contributed by atoms with van der Waals surface area (Å²) < 4.78 is 4.08. The molecule has 0 heterocycles. The Labute approximate surface area is 41.4 Å². The van der Waals surface area contributed by atoms with Crippen molar-refractivity contribution in [3.8, 4) is 0 Å². The molecule has 0 atom stereocenters. The molecule has 0 rings (SSSR count). The third-order valence-electron chi connectivity index (χ3n) is 0.139. The van der Waals surface area contributed by atoms with Crippen LogP contribution in [0.2, 0.25) is 0 Å². The van der Waals surface area contributed by atoms with Crippen molar-refractivity contribution < 1.29 is 15.1 Å². The first-order valence-electron chi connectivity index (χ1n) is 1.13. The number of carbonyl (C=O) groups is 1. The van der Waals surface area contributed by atoms with Gasteiger partial charge in [-0.2, -0.15) is 4.79 Å². The minimum atomic E-state index is -0.577. The smallest absolute Gasteiger partial charge is 0.350 e. The summed E-state index contributed by atoms with van der Waals surface area (Å²) in [6.07, 6.45) is -0.577. The molecule has 0 spiro atoms. The Bertz CT molecular complexity index is 73.9. The molecule has 0 unspecified atom stereocenters. The van der Waals surface area contributed by atoms with E-state index >= 15 is 0 Å². The summed E-state index contributed by atoms with van der Waals surface area (Å²) in [5.41, 5.74) is 2.89. The van der Waals surface area contributed by atoms with Gasteiger partial charge in [0.05, 0.1) is 0 Å². The molecule has 3 nitrogen and oxygen atoms in total. The summed E-state index contributed by atoms with van der Waals surface area (Å²) in [7, 11) is 0.195. The molecule has 0 aliphatic carbocycles. The Morgan fingerprint density at radius 1 is 2.00 bits per heavy atom. The molecule has 0 saturated heterocycles. The highest BCUT2D eigenvalue weighted by atomic mass is 32.4. The fourth-order valence-corrected chi connectivity index (χ4v) is 0.374. The number of quaternary nitrogens is 1. The summed E-state index contributed by atoms with van der Waals surface area (Å²) in [6.45, 7) is 0. The third-order valence-corrected chi connectivity index (χ3v) is 0.641. The van der Waals surface area contributed by atoms with Gasteiger partial charge in [0.2, 0.25) is 7.58 Å². The van der Waals surface area contributed by atoms with Crippen molar-refractivity contribution >= 4 is 25.5 Å². The van der Waals surface area contributed by atoms with Gasteiger partial charge in [0.25, 0.3) is 0 Å². The first-order valence-corrected chi connectivity index (χ1v) is 2.95. The summed E-state index contributed by atoms with van der Waals surface area (Å²) in [5.74, 6) is 0. The Morgan fingerprint density at radius 2 is 2.50 bits per heavy atom. The minimum Gasteiger partial charge on any atom is -0.350 e. The van der Waals surface area contributed by atoms with Crippen LogP contribution < -0.4 is 5.73 Å². The summed E-state index contributed by atoms with van der Waals surface area (Å²) in [4.78, 5) is 9.64. The number of amides is 1. The SMILES string of the molecule is [NH3+]C(=O)OP=S. The molecule has 5 heteroatoms. The lowest BCUT2D eigenvalue weighted by Gasteiger charge is -1.74.